The van der Waals surface area contributed by atoms with E-state index in [2.05, 4.69) is 41.7 Å². The van der Waals surface area contributed by atoms with Gasteiger partial charge in [-0.2, -0.15) is 5.26 Å². The molecule has 1 aliphatic heterocycles. The number of pyridine rings is 1. The molecule has 1 aliphatic rings. The Labute approximate surface area is 268 Å². The third-order valence-corrected chi connectivity index (χ3v) is 6.63. The second-order valence-corrected chi connectivity index (χ2v) is 9.51. The lowest BCUT2D eigenvalue weighted by molar-refractivity contribution is 0.482. The molecule has 2 aromatic heterocycles. The molecular weight excluding hydrogens is 567 g/mol. The van der Waals surface area contributed by atoms with Gasteiger partial charge in [0.2, 0.25) is 0 Å². The van der Waals surface area contributed by atoms with Crippen LogP contribution < -0.4 is 15.8 Å². The van der Waals surface area contributed by atoms with Crippen LogP contribution >= 0.6 is 11.8 Å². The highest BCUT2D eigenvalue weighted by Crippen LogP contribution is 2.39. The van der Waals surface area contributed by atoms with Crippen molar-refractivity contribution >= 4 is 39.8 Å². The Hall–Kier alpha value is -4.39. The lowest BCUT2D eigenvalue weighted by atomic mass is 10.0. The molecule has 44 heavy (non-hydrogen) atoms. The minimum atomic E-state index is 0.444. The molecular formula is C35H47N7OS. The van der Waals surface area contributed by atoms with Crippen molar-refractivity contribution < 1.29 is 4.74 Å². The van der Waals surface area contributed by atoms with E-state index in [4.69, 9.17) is 14.8 Å². The molecule has 4 rings (SSSR count). The van der Waals surface area contributed by atoms with E-state index in [1.165, 1.54) is 18.8 Å². The topological polar surface area (TPSA) is 114 Å². The van der Waals surface area contributed by atoms with Gasteiger partial charge in [0.1, 0.15) is 11.5 Å². The standard InChI is InChI=1S/C30H30N6OS.2C2H6.CH5N/c1-6-8-20(3)17-22(7-2)28-23(19-31)18-27(38-5)34-30-21(4)29(35-36(28)30)33-24-9-11-25(12-10-24)37-26-13-15-32-16-14-26;3*1-2/h7-17H,2,6,18H2,1,3-5H3,(H,33,35);2*1-2H3;2H2,1H3/b20-8-,22-17+;;;. The first kappa shape index (κ1) is 37.6. The molecule has 1 aromatic carbocycles. The van der Waals surface area contributed by atoms with Crippen LogP contribution in [0.15, 0.2) is 95.3 Å². The monoisotopic (exact) mass is 613 g/mol. The van der Waals surface area contributed by atoms with Crippen molar-refractivity contribution in [2.75, 3.05) is 18.6 Å². The SMILES string of the molecule is C=C/C(=C\C(C)=C/CC)C1=C(C#N)CC(SC)=Nc2c(C)c(Nc3ccc(Oc4ccncc4)cc3)nn21.CC.CC.CN. The summed E-state index contributed by atoms with van der Waals surface area (Å²) in [5.41, 5.74) is 9.46. The number of nitrogens with one attached hydrogen (secondary N) is 1. The van der Waals surface area contributed by atoms with Gasteiger partial charge >= 0.3 is 0 Å². The maximum Gasteiger partial charge on any atom is 0.161 e. The van der Waals surface area contributed by atoms with Crippen LogP contribution in [-0.4, -0.2) is 33.1 Å². The minimum Gasteiger partial charge on any atom is -0.457 e. The normalized spacial score (nSPS) is 12.3. The van der Waals surface area contributed by atoms with E-state index in [0.717, 1.165) is 39.6 Å². The molecule has 0 bridgehead atoms. The fourth-order valence-electron chi connectivity index (χ4n) is 4.06. The van der Waals surface area contributed by atoms with Crippen LogP contribution in [-0.2, 0) is 0 Å². The number of fused-ring (bicyclic) bond motifs is 1. The second-order valence-electron chi connectivity index (χ2n) is 8.63. The summed E-state index contributed by atoms with van der Waals surface area (Å²) >= 11 is 1.54. The number of ether oxygens (including phenoxy) is 1. The minimum absolute atomic E-state index is 0.444. The molecule has 0 radical (unpaired) electrons. The predicted molar refractivity (Wildman–Crippen MR) is 190 cm³/mol. The Balaban J connectivity index is 0.00000152. The zero-order valence-corrected chi connectivity index (χ0v) is 28.4. The molecule has 0 amide bonds. The molecule has 3 aromatic rings. The quantitative estimate of drug-likeness (QED) is 0.243. The van der Waals surface area contributed by atoms with E-state index < -0.39 is 0 Å². The molecule has 3 heterocycles. The molecule has 0 saturated carbocycles. The van der Waals surface area contributed by atoms with Crippen molar-refractivity contribution in [1.82, 2.24) is 14.8 Å². The Morgan fingerprint density at radius 3 is 2.27 bits per heavy atom. The van der Waals surface area contributed by atoms with E-state index in [0.29, 0.717) is 35.1 Å². The fraction of sp³-hybridized carbons (Fsp3) is 0.314. The summed E-state index contributed by atoms with van der Waals surface area (Å²) in [6.45, 7) is 18.2. The van der Waals surface area contributed by atoms with Gasteiger partial charge in [-0.15, -0.1) is 16.9 Å². The highest BCUT2D eigenvalue weighted by atomic mass is 32.2. The molecule has 0 saturated heterocycles. The summed E-state index contributed by atoms with van der Waals surface area (Å²) in [5, 5.41) is 19.3. The van der Waals surface area contributed by atoms with Crippen molar-refractivity contribution in [2.24, 2.45) is 10.7 Å². The number of thioether (sulfide) groups is 1. The number of benzene rings is 1. The number of anilines is 2. The summed E-state index contributed by atoms with van der Waals surface area (Å²) in [6, 6.07) is 13.7. The van der Waals surface area contributed by atoms with E-state index in [9.17, 15) is 5.26 Å². The third kappa shape index (κ3) is 10.1. The van der Waals surface area contributed by atoms with Gasteiger partial charge in [-0.05, 0) is 70.0 Å². The Morgan fingerprint density at radius 1 is 1.11 bits per heavy atom. The summed E-state index contributed by atoms with van der Waals surface area (Å²) in [7, 11) is 1.50. The molecule has 0 fully saturated rings. The largest absolute Gasteiger partial charge is 0.457 e. The summed E-state index contributed by atoms with van der Waals surface area (Å²) in [6.07, 6.45) is 12.7. The van der Waals surface area contributed by atoms with Crippen molar-refractivity contribution in [3.05, 3.63) is 95.9 Å². The van der Waals surface area contributed by atoms with Crippen LogP contribution in [0.5, 0.6) is 11.5 Å². The van der Waals surface area contributed by atoms with Crippen LogP contribution in [0.2, 0.25) is 0 Å². The third-order valence-electron chi connectivity index (χ3n) is 5.92. The first-order valence-electron chi connectivity index (χ1n) is 14.9. The number of hydrogen-bond donors (Lipinski definition) is 2. The van der Waals surface area contributed by atoms with Crippen molar-refractivity contribution in [1.29, 1.82) is 5.26 Å². The summed E-state index contributed by atoms with van der Waals surface area (Å²) in [5.74, 6) is 2.79. The number of rotatable bonds is 8. The maximum absolute atomic E-state index is 10.1. The predicted octanol–water partition coefficient (Wildman–Crippen LogP) is 9.75. The molecule has 0 unspecified atom stereocenters. The van der Waals surface area contributed by atoms with Gasteiger partial charge in [-0.1, -0.05) is 65.0 Å². The Kier molecular flexibility index (Phi) is 17.5. The van der Waals surface area contributed by atoms with Crippen molar-refractivity contribution in [3.63, 3.8) is 0 Å². The maximum atomic E-state index is 10.1. The number of aliphatic imine (C=N–C) groups is 1. The average molecular weight is 614 g/mol. The number of allylic oxidation sites excluding steroid dienone is 7. The molecule has 8 nitrogen and oxygen atoms in total. The van der Waals surface area contributed by atoms with Crippen LogP contribution in [0.1, 0.15) is 59.9 Å². The lowest BCUT2D eigenvalue weighted by Crippen LogP contribution is -2.05. The molecule has 0 spiro atoms. The zero-order chi connectivity index (χ0) is 33.1. The first-order chi connectivity index (χ1) is 21.5. The van der Waals surface area contributed by atoms with Crippen LogP contribution in [0.4, 0.5) is 17.3 Å². The number of nitrogens with two attached hydrogens (primary N) is 1. The van der Waals surface area contributed by atoms with Crippen LogP contribution in [0.25, 0.3) is 5.70 Å². The van der Waals surface area contributed by atoms with E-state index >= 15 is 0 Å². The zero-order valence-electron chi connectivity index (χ0n) is 27.6. The van der Waals surface area contributed by atoms with Crippen LogP contribution in [0, 0.1) is 18.3 Å². The molecule has 9 heteroatoms. The molecule has 0 atom stereocenters. The summed E-state index contributed by atoms with van der Waals surface area (Å²) < 4.78 is 7.64. The highest BCUT2D eigenvalue weighted by Gasteiger charge is 2.25. The van der Waals surface area contributed by atoms with E-state index in [1.54, 1.807) is 23.2 Å². The highest BCUT2D eigenvalue weighted by molar-refractivity contribution is 8.13. The van der Waals surface area contributed by atoms with Crippen molar-refractivity contribution in [3.8, 4) is 17.6 Å². The second kappa shape index (κ2) is 20.5. The molecule has 3 N–H and O–H groups in total. The van der Waals surface area contributed by atoms with Gasteiger partial charge in [0, 0.05) is 35.6 Å². The van der Waals surface area contributed by atoms with Crippen LogP contribution in [0.3, 0.4) is 0 Å². The number of hydrogen-bond acceptors (Lipinski definition) is 8. The van der Waals surface area contributed by atoms with E-state index in [-0.39, 0.29) is 0 Å². The average Bonchev–Trinajstić information content (AvgIpc) is 3.26. The number of nitriles is 1. The number of nitrogens with zero attached hydrogens (tertiary/aromatic N) is 5. The van der Waals surface area contributed by atoms with Crippen molar-refractivity contribution in [2.45, 2.75) is 61.3 Å². The first-order valence-corrected chi connectivity index (χ1v) is 16.1. The lowest BCUT2D eigenvalue weighted by Gasteiger charge is -2.12. The van der Waals surface area contributed by atoms with Gasteiger partial charge in [0.25, 0.3) is 0 Å². The molecule has 234 valence electrons. The van der Waals surface area contributed by atoms with Gasteiger partial charge in [0.15, 0.2) is 11.6 Å². The summed E-state index contributed by atoms with van der Waals surface area (Å²) in [4.78, 5) is 8.92. The Bertz CT molecular complexity index is 1490. The van der Waals surface area contributed by atoms with Gasteiger partial charge in [-0.3, -0.25) is 4.98 Å². The molecule has 0 aliphatic carbocycles. The van der Waals surface area contributed by atoms with Gasteiger partial charge in [0.05, 0.1) is 22.4 Å². The number of aromatic nitrogens is 3. The smallest absolute Gasteiger partial charge is 0.161 e. The Morgan fingerprint density at radius 2 is 1.73 bits per heavy atom. The fourth-order valence-corrected chi connectivity index (χ4v) is 4.52. The van der Waals surface area contributed by atoms with E-state index in [1.807, 2.05) is 90.3 Å². The van der Waals surface area contributed by atoms with Gasteiger partial charge in [-0.25, -0.2) is 9.67 Å². The van der Waals surface area contributed by atoms with Gasteiger partial charge < -0.3 is 15.8 Å².